The van der Waals surface area contributed by atoms with Crippen LogP contribution in [0, 0.1) is 5.41 Å². The van der Waals surface area contributed by atoms with Crippen LogP contribution in [0.3, 0.4) is 0 Å². The van der Waals surface area contributed by atoms with Gasteiger partial charge < -0.3 is 24.4 Å². The van der Waals surface area contributed by atoms with E-state index in [2.05, 4.69) is 12.2 Å². The van der Waals surface area contributed by atoms with Crippen LogP contribution in [0.15, 0.2) is 12.1 Å². The minimum absolute atomic E-state index is 0.226. The van der Waals surface area contributed by atoms with Crippen LogP contribution in [0.2, 0.25) is 0 Å². The first-order valence-electron chi connectivity index (χ1n) is 8.59. The van der Waals surface area contributed by atoms with E-state index in [1.807, 2.05) is 0 Å². The van der Waals surface area contributed by atoms with Crippen LogP contribution in [0.4, 0.5) is 5.69 Å². The Balaban J connectivity index is 3.03. The summed E-state index contributed by atoms with van der Waals surface area (Å²) < 4.78 is 15.8. The molecule has 1 N–H and O–H groups in total. The summed E-state index contributed by atoms with van der Waals surface area (Å²) in [7, 11) is 6.22. The second-order valence-electron chi connectivity index (χ2n) is 6.57. The third kappa shape index (κ3) is 4.80. The summed E-state index contributed by atoms with van der Waals surface area (Å²) in [5, 5.41) is 2.77. The van der Waals surface area contributed by atoms with Crippen molar-refractivity contribution in [1.29, 1.82) is 0 Å². The van der Waals surface area contributed by atoms with Crippen molar-refractivity contribution in [3.63, 3.8) is 0 Å². The summed E-state index contributed by atoms with van der Waals surface area (Å²) >= 11 is 0. The molecule has 0 aliphatic rings. The molecule has 0 atom stereocenters. The first kappa shape index (κ1) is 21.6. The predicted molar refractivity (Wildman–Crippen MR) is 101 cm³/mol. The molecule has 1 aromatic rings. The molecule has 26 heavy (non-hydrogen) atoms. The lowest BCUT2D eigenvalue weighted by Crippen LogP contribution is -2.46. The number of carbonyl (C=O) groups is 2. The van der Waals surface area contributed by atoms with E-state index >= 15 is 0 Å². The van der Waals surface area contributed by atoms with Gasteiger partial charge in [-0.25, -0.2) is 0 Å². The highest BCUT2D eigenvalue weighted by atomic mass is 16.5. The molecule has 0 bridgehead atoms. The summed E-state index contributed by atoms with van der Waals surface area (Å²) in [5.74, 6) is 0.649. The molecular formula is C19H30N2O5. The van der Waals surface area contributed by atoms with Gasteiger partial charge in [0.15, 0.2) is 11.5 Å². The zero-order valence-corrected chi connectivity index (χ0v) is 16.8. The second kappa shape index (κ2) is 9.31. The Kier molecular flexibility index (Phi) is 7.74. The van der Waals surface area contributed by atoms with Crippen molar-refractivity contribution in [3.05, 3.63) is 12.1 Å². The average Bonchev–Trinajstić information content (AvgIpc) is 2.64. The Bertz CT molecular complexity index is 618. The Hall–Kier alpha value is -2.44. The highest BCUT2D eigenvalue weighted by Crippen LogP contribution is 2.40. The summed E-state index contributed by atoms with van der Waals surface area (Å²) in [6.45, 7) is 5.91. The number of anilines is 1. The van der Waals surface area contributed by atoms with Crippen LogP contribution in [0.25, 0.3) is 0 Å². The van der Waals surface area contributed by atoms with Gasteiger partial charge in [0, 0.05) is 31.4 Å². The maximum atomic E-state index is 12.7. The van der Waals surface area contributed by atoms with E-state index in [-0.39, 0.29) is 5.91 Å². The Morgan fingerprint density at radius 1 is 1.08 bits per heavy atom. The molecule has 0 spiro atoms. The van der Waals surface area contributed by atoms with Gasteiger partial charge in [-0.2, -0.15) is 0 Å². The SMILES string of the molecule is CCCCN(C)C(=O)C(C)(C)C(=O)Nc1cc(OC)c(OC)c(OC)c1. The van der Waals surface area contributed by atoms with E-state index in [1.54, 1.807) is 37.9 Å². The Morgan fingerprint density at radius 3 is 2.04 bits per heavy atom. The average molecular weight is 366 g/mol. The highest BCUT2D eigenvalue weighted by Gasteiger charge is 2.38. The molecule has 2 amide bonds. The summed E-state index contributed by atoms with van der Waals surface area (Å²) in [6, 6.07) is 3.25. The smallest absolute Gasteiger partial charge is 0.239 e. The van der Waals surface area contributed by atoms with Gasteiger partial charge in [0.1, 0.15) is 5.41 Å². The number of carbonyl (C=O) groups excluding carboxylic acids is 2. The largest absolute Gasteiger partial charge is 0.493 e. The van der Waals surface area contributed by atoms with Gasteiger partial charge in [-0.3, -0.25) is 9.59 Å². The molecule has 7 nitrogen and oxygen atoms in total. The van der Waals surface area contributed by atoms with Crippen molar-refractivity contribution in [2.75, 3.05) is 40.2 Å². The molecule has 0 aliphatic heterocycles. The van der Waals surface area contributed by atoms with Crippen LogP contribution >= 0.6 is 0 Å². The number of nitrogens with one attached hydrogen (secondary N) is 1. The maximum absolute atomic E-state index is 12.7. The molecule has 1 rings (SSSR count). The van der Waals surface area contributed by atoms with Crippen LogP contribution < -0.4 is 19.5 Å². The van der Waals surface area contributed by atoms with Gasteiger partial charge in [-0.15, -0.1) is 0 Å². The molecule has 0 aromatic heterocycles. The van der Waals surface area contributed by atoms with E-state index in [9.17, 15) is 9.59 Å². The highest BCUT2D eigenvalue weighted by molar-refractivity contribution is 6.10. The van der Waals surface area contributed by atoms with Gasteiger partial charge in [0.2, 0.25) is 17.6 Å². The minimum Gasteiger partial charge on any atom is -0.493 e. The second-order valence-corrected chi connectivity index (χ2v) is 6.57. The number of unbranched alkanes of at least 4 members (excludes halogenated alkanes) is 1. The molecule has 146 valence electrons. The normalized spacial score (nSPS) is 10.9. The maximum Gasteiger partial charge on any atom is 0.239 e. The minimum atomic E-state index is -1.21. The fraction of sp³-hybridized carbons (Fsp3) is 0.579. The van der Waals surface area contributed by atoms with Crippen molar-refractivity contribution in [3.8, 4) is 17.2 Å². The van der Waals surface area contributed by atoms with Crippen molar-refractivity contribution >= 4 is 17.5 Å². The first-order chi connectivity index (χ1) is 12.2. The fourth-order valence-electron chi connectivity index (χ4n) is 2.51. The molecule has 7 heteroatoms. The molecule has 0 saturated heterocycles. The molecule has 1 aromatic carbocycles. The number of rotatable bonds is 9. The number of ether oxygens (including phenoxy) is 3. The van der Waals surface area contributed by atoms with Crippen molar-refractivity contribution in [2.24, 2.45) is 5.41 Å². The van der Waals surface area contributed by atoms with Crippen LogP contribution in [0.1, 0.15) is 33.6 Å². The molecule has 0 saturated carbocycles. The first-order valence-corrected chi connectivity index (χ1v) is 8.59. The van der Waals surface area contributed by atoms with Crippen molar-refractivity contribution in [2.45, 2.75) is 33.6 Å². The quantitative estimate of drug-likeness (QED) is 0.680. The number of amides is 2. The number of hydrogen-bond donors (Lipinski definition) is 1. The van der Waals surface area contributed by atoms with E-state index in [0.29, 0.717) is 29.5 Å². The number of nitrogens with zero attached hydrogens (tertiary/aromatic N) is 1. The molecule has 0 unspecified atom stereocenters. The van der Waals surface area contributed by atoms with Crippen molar-refractivity contribution < 1.29 is 23.8 Å². The van der Waals surface area contributed by atoms with Gasteiger partial charge >= 0.3 is 0 Å². The number of methoxy groups -OCH3 is 3. The molecule has 0 fully saturated rings. The predicted octanol–water partition coefficient (Wildman–Crippen LogP) is 2.94. The number of hydrogen-bond acceptors (Lipinski definition) is 5. The Labute approximate surface area is 155 Å². The lowest BCUT2D eigenvalue weighted by atomic mass is 9.90. The van der Waals surface area contributed by atoms with Crippen LogP contribution in [0.5, 0.6) is 17.2 Å². The monoisotopic (exact) mass is 366 g/mol. The lowest BCUT2D eigenvalue weighted by molar-refractivity contribution is -0.145. The van der Waals surface area contributed by atoms with E-state index in [4.69, 9.17) is 14.2 Å². The third-order valence-electron chi connectivity index (χ3n) is 4.22. The summed E-state index contributed by atoms with van der Waals surface area (Å²) in [5.41, 5.74) is -0.746. The zero-order valence-electron chi connectivity index (χ0n) is 16.8. The molecule has 0 radical (unpaired) electrons. The van der Waals surface area contributed by atoms with Crippen LogP contribution in [-0.2, 0) is 9.59 Å². The van der Waals surface area contributed by atoms with Gasteiger partial charge in [-0.05, 0) is 20.3 Å². The van der Waals surface area contributed by atoms with Gasteiger partial charge in [0.25, 0.3) is 0 Å². The van der Waals surface area contributed by atoms with Crippen LogP contribution in [-0.4, -0.2) is 51.6 Å². The van der Waals surface area contributed by atoms with Crippen molar-refractivity contribution in [1.82, 2.24) is 4.90 Å². The topological polar surface area (TPSA) is 77.1 Å². The third-order valence-corrected chi connectivity index (χ3v) is 4.22. The van der Waals surface area contributed by atoms with E-state index < -0.39 is 11.3 Å². The summed E-state index contributed by atoms with van der Waals surface area (Å²) in [6.07, 6.45) is 1.88. The Morgan fingerprint density at radius 2 is 1.62 bits per heavy atom. The standard InChI is InChI=1S/C19H30N2O5/c1-8-9-10-21(4)18(23)19(2,3)17(22)20-13-11-14(24-5)16(26-7)15(12-13)25-6/h11-12H,8-10H2,1-7H3,(H,20,22). The van der Waals surface area contributed by atoms with E-state index in [0.717, 1.165) is 12.8 Å². The molecular weight excluding hydrogens is 336 g/mol. The van der Waals surface area contributed by atoms with E-state index in [1.165, 1.54) is 21.3 Å². The molecule has 0 aliphatic carbocycles. The molecule has 0 heterocycles. The number of benzene rings is 1. The summed E-state index contributed by atoms with van der Waals surface area (Å²) in [4.78, 5) is 27.0. The zero-order chi connectivity index (χ0) is 19.9. The van der Waals surface area contributed by atoms with Gasteiger partial charge in [-0.1, -0.05) is 13.3 Å². The van der Waals surface area contributed by atoms with Gasteiger partial charge in [0.05, 0.1) is 21.3 Å². The lowest BCUT2D eigenvalue weighted by Gasteiger charge is -2.28. The fourth-order valence-corrected chi connectivity index (χ4v) is 2.51.